The number of rotatable bonds is 5. The van der Waals surface area contributed by atoms with Crippen LogP contribution in [0, 0.1) is 11.8 Å². The number of hydrogen-bond acceptors (Lipinski definition) is 3. The van der Waals surface area contributed by atoms with E-state index in [4.69, 9.17) is 0 Å². The molecule has 0 aliphatic heterocycles. The maximum absolute atomic E-state index is 11.2. The molecule has 0 saturated carbocycles. The van der Waals surface area contributed by atoms with Crippen LogP contribution >= 0.6 is 0 Å². The maximum Gasteiger partial charge on any atom is 0.266 e. The molecule has 0 saturated heterocycles. The number of aromatic amines is 1. The van der Waals surface area contributed by atoms with Crippen LogP contribution in [-0.4, -0.2) is 23.3 Å². The summed E-state index contributed by atoms with van der Waals surface area (Å²) in [4.78, 5) is 13.4. The molecule has 0 spiro atoms. The summed E-state index contributed by atoms with van der Waals surface area (Å²) < 4.78 is 0. The van der Waals surface area contributed by atoms with Crippen LogP contribution in [0.25, 0.3) is 0 Å². The fourth-order valence-electron chi connectivity index (χ4n) is 1.71. The monoisotopic (exact) mass is 223 g/mol. The van der Waals surface area contributed by atoms with E-state index in [0.717, 1.165) is 18.8 Å². The van der Waals surface area contributed by atoms with Crippen molar-refractivity contribution in [3.05, 3.63) is 22.6 Å². The molecule has 0 radical (unpaired) electrons. The van der Waals surface area contributed by atoms with Crippen molar-refractivity contribution in [2.75, 3.05) is 18.0 Å². The Balaban J connectivity index is 2.86. The van der Waals surface area contributed by atoms with Crippen molar-refractivity contribution in [2.45, 2.75) is 27.7 Å². The van der Waals surface area contributed by atoms with E-state index in [1.165, 1.54) is 0 Å². The van der Waals surface area contributed by atoms with Gasteiger partial charge in [-0.1, -0.05) is 27.7 Å². The highest BCUT2D eigenvalue weighted by atomic mass is 16.1. The number of nitrogens with one attached hydrogen (secondary N) is 1. The lowest BCUT2D eigenvalue weighted by molar-refractivity contribution is 0.551. The van der Waals surface area contributed by atoms with Crippen LogP contribution < -0.4 is 10.5 Å². The average Bonchev–Trinajstić information content (AvgIpc) is 2.15. The fraction of sp³-hybridized carbons (Fsp3) is 0.667. The predicted molar refractivity (Wildman–Crippen MR) is 66.7 cm³/mol. The summed E-state index contributed by atoms with van der Waals surface area (Å²) in [6.07, 6.45) is 1.71. The molecular formula is C12H21N3O. The molecule has 16 heavy (non-hydrogen) atoms. The number of aromatic nitrogens is 2. The van der Waals surface area contributed by atoms with Gasteiger partial charge in [-0.05, 0) is 11.8 Å². The van der Waals surface area contributed by atoms with Crippen molar-refractivity contribution in [2.24, 2.45) is 11.8 Å². The van der Waals surface area contributed by atoms with Gasteiger partial charge in [-0.25, -0.2) is 5.10 Å². The third-order valence-corrected chi connectivity index (χ3v) is 2.19. The Hall–Kier alpha value is -1.32. The Kier molecular flexibility index (Phi) is 4.52. The van der Waals surface area contributed by atoms with Crippen molar-refractivity contribution in [1.29, 1.82) is 0 Å². The first kappa shape index (κ1) is 12.7. The summed E-state index contributed by atoms with van der Waals surface area (Å²) in [6.45, 7) is 10.6. The molecule has 0 aliphatic rings. The molecule has 1 aromatic rings. The van der Waals surface area contributed by atoms with Gasteiger partial charge in [-0.3, -0.25) is 4.79 Å². The molecule has 4 nitrogen and oxygen atoms in total. The van der Waals surface area contributed by atoms with Crippen LogP contribution in [0.1, 0.15) is 27.7 Å². The summed E-state index contributed by atoms with van der Waals surface area (Å²) in [5.74, 6) is 1.14. The van der Waals surface area contributed by atoms with Gasteiger partial charge in [-0.2, -0.15) is 5.10 Å². The predicted octanol–water partition coefficient (Wildman–Crippen LogP) is 1.89. The molecule has 0 unspecified atom stereocenters. The molecule has 1 N–H and O–H groups in total. The molecule has 1 aromatic heterocycles. The Labute approximate surface area is 96.7 Å². The van der Waals surface area contributed by atoms with Crippen LogP contribution in [0.2, 0.25) is 0 Å². The van der Waals surface area contributed by atoms with Gasteiger partial charge in [0.15, 0.2) is 0 Å². The van der Waals surface area contributed by atoms with Gasteiger partial charge in [0.25, 0.3) is 5.56 Å². The topological polar surface area (TPSA) is 49.0 Å². The van der Waals surface area contributed by atoms with Gasteiger partial charge in [0.05, 0.1) is 11.9 Å². The minimum absolute atomic E-state index is 0.144. The van der Waals surface area contributed by atoms with Crippen molar-refractivity contribution in [1.82, 2.24) is 10.2 Å². The zero-order valence-electron chi connectivity index (χ0n) is 10.5. The molecule has 0 fully saturated rings. The SMILES string of the molecule is CC(C)CN(CC(C)C)c1cn[nH]c(=O)c1. The first-order valence-electron chi connectivity index (χ1n) is 5.78. The highest BCUT2D eigenvalue weighted by Gasteiger charge is 2.11. The number of H-pyrrole nitrogens is 1. The summed E-state index contributed by atoms with van der Waals surface area (Å²) in [5, 5.41) is 6.24. The average molecular weight is 223 g/mol. The van der Waals surface area contributed by atoms with Gasteiger partial charge in [0.1, 0.15) is 0 Å². The van der Waals surface area contributed by atoms with Crippen molar-refractivity contribution < 1.29 is 0 Å². The summed E-state index contributed by atoms with van der Waals surface area (Å²) in [7, 11) is 0. The quantitative estimate of drug-likeness (QED) is 0.829. The van der Waals surface area contributed by atoms with Gasteiger partial charge in [-0.15, -0.1) is 0 Å². The van der Waals surface area contributed by atoms with E-state index in [0.29, 0.717) is 11.8 Å². The van der Waals surface area contributed by atoms with Crippen molar-refractivity contribution >= 4 is 5.69 Å². The van der Waals surface area contributed by atoms with Crippen LogP contribution in [-0.2, 0) is 0 Å². The molecule has 90 valence electrons. The molecule has 0 aromatic carbocycles. The van der Waals surface area contributed by atoms with Crippen LogP contribution in [0.5, 0.6) is 0 Å². The van der Waals surface area contributed by atoms with Gasteiger partial charge in [0.2, 0.25) is 0 Å². The fourth-order valence-corrected chi connectivity index (χ4v) is 1.71. The third kappa shape index (κ3) is 4.04. The zero-order valence-corrected chi connectivity index (χ0v) is 10.5. The van der Waals surface area contributed by atoms with Crippen LogP contribution in [0.15, 0.2) is 17.1 Å². The summed E-state index contributed by atoms with van der Waals surface area (Å²) in [6, 6.07) is 1.61. The first-order valence-corrected chi connectivity index (χ1v) is 5.78. The van der Waals surface area contributed by atoms with Gasteiger partial charge >= 0.3 is 0 Å². The number of anilines is 1. The molecule has 4 heteroatoms. The van der Waals surface area contributed by atoms with E-state index in [-0.39, 0.29) is 5.56 Å². The lowest BCUT2D eigenvalue weighted by Crippen LogP contribution is -2.32. The summed E-state index contributed by atoms with van der Waals surface area (Å²) >= 11 is 0. The van der Waals surface area contributed by atoms with Gasteiger partial charge < -0.3 is 4.90 Å². The molecule has 0 bridgehead atoms. The summed E-state index contributed by atoms with van der Waals surface area (Å²) in [5.41, 5.74) is 0.765. The highest BCUT2D eigenvalue weighted by Crippen LogP contribution is 2.13. The second-order valence-corrected chi connectivity index (χ2v) is 5.00. The van der Waals surface area contributed by atoms with Gasteiger partial charge in [0, 0.05) is 19.2 Å². The zero-order chi connectivity index (χ0) is 12.1. The largest absolute Gasteiger partial charge is 0.370 e. The second kappa shape index (κ2) is 5.68. The lowest BCUT2D eigenvalue weighted by Gasteiger charge is -2.27. The Morgan fingerprint density at radius 2 is 1.81 bits per heavy atom. The lowest BCUT2D eigenvalue weighted by atomic mass is 10.1. The Morgan fingerprint density at radius 3 is 2.25 bits per heavy atom. The molecule has 0 atom stereocenters. The number of nitrogens with zero attached hydrogens (tertiary/aromatic N) is 2. The van der Waals surface area contributed by atoms with E-state index >= 15 is 0 Å². The molecule has 1 heterocycles. The minimum Gasteiger partial charge on any atom is -0.370 e. The minimum atomic E-state index is -0.144. The standard InChI is InChI=1S/C12H21N3O/c1-9(2)7-15(8-10(3)4)11-5-12(16)14-13-6-11/h5-6,9-10H,7-8H2,1-4H3,(H,14,16). The normalized spacial score (nSPS) is 11.1. The smallest absolute Gasteiger partial charge is 0.266 e. The maximum atomic E-state index is 11.2. The first-order chi connectivity index (χ1) is 7.49. The molecule has 0 aliphatic carbocycles. The highest BCUT2D eigenvalue weighted by molar-refractivity contribution is 5.42. The van der Waals surface area contributed by atoms with Crippen molar-refractivity contribution in [3.8, 4) is 0 Å². The number of hydrogen-bond donors (Lipinski definition) is 1. The van der Waals surface area contributed by atoms with E-state index in [9.17, 15) is 4.79 Å². The Morgan fingerprint density at radius 1 is 1.25 bits per heavy atom. The van der Waals surface area contributed by atoms with E-state index in [1.807, 2.05) is 0 Å². The van der Waals surface area contributed by atoms with Crippen LogP contribution in [0.4, 0.5) is 5.69 Å². The molecular weight excluding hydrogens is 202 g/mol. The van der Waals surface area contributed by atoms with E-state index in [2.05, 4.69) is 42.8 Å². The Bertz CT molecular complexity index is 361. The van der Waals surface area contributed by atoms with E-state index in [1.54, 1.807) is 12.3 Å². The third-order valence-electron chi connectivity index (χ3n) is 2.19. The van der Waals surface area contributed by atoms with E-state index < -0.39 is 0 Å². The molecule has 0 amide bonds. The second-order valence-electron chi connectivity index (χ2n) is 5.00. The van der Waals surface area contributed by atoms with Crippen LogP contribution in [0.3, 0.4) is 0 Å². The molecule has 1 rings (SSSR count). The van der Waals surface area contributed by atoms with Crippen molar-refractivity contribution in [3.63, 3.8) is 0 Å².